The third kappa shape index (κ3) is 3.83. The third-order valence-electron chi connectivity index (χ3n) is 2.37. The van der Waals surface area contributed by atoms with Gasteiger partial charge in [0.1, 0.15) is 4.88 Å². The summed E-state index contributed by atoms with van der Waals surface area (Å²) < 4.78 is 0. The van der Waals surface area contributed by atoms with E-state index in [9.17, 15) is 4.79 Å². The van der Waals surface area contributed by atoms with Crippen molar-refractivity contribution in [1.29, 1.82) is 0 Å². The Morgan fingerprint density at radius 1 is 1.69 bits per heavy atom. The van der Waals surface area contributed by atoms with Crippen molar-refractivity contribution in [2.75, 3.05) is 18.9 Å². The lowest BCUT2D eigenvalue weighted by molar-refractivity contribution is 0.0957. The summed E-state index contributed by atoms with van der Waals surface area (Å²) in [4.78, 5) is 12.2. The van der Waals surface area contributed by atoms with E-state index in [2.05, 4.69) is 5.32 Å². The Balaban J connectivity index is 2.24. The highest BCUT2D eigenvalue weighted by atomic mass is 32.1. The van der Waals surface area contributed by atoms with Crippen molar-refractivity contribution in [1.82, 2.24) is 5.32 Å². The van der Waals surface area contributed by atoms with Crippen LogP contribution in [0.1, 0.15) is 29.4 Å². The second-order valence-corrected chi connectivity index (χ2v) is 4.81. The van der Waals surface area contributed by atoms with Crippen molar-refractivity contribution in [3.63, 3.8) is 0 Å². The Morgan fingerprint density at radius 2 is 2.44 bits per heavy atom. The highest BCUT2D eigenvalue weighted by molar-refractivity contribution is 7.12. The molecular formula is C11H18N2O2S. The predicted molar refractivity (Wildman–Crippen MR) is 66.5 cm³/mol. The molecule has 1 rings (SSSR count). The average molecular weight is 242 g/mol. The summed E-state index contributed by atoms with van der Waals surface area (Å²) in [5, 5.41) is 13.4. The van der Waals surface area contributed by atoms with Gasteiger partial charge in [0.15, 0.2) is 0 Å². The molecule has 0 aromatic carbocycles. The van der Waals surface area contributed by atoms with E-state index in [-0.39, 0.29) is 12.5 Å². The lowest BCUT2D eigenvalue weighted by atomic mass is 10.1. The smallest absolute Gasteiger partial charge is 0.263 e. The van der Waals surface area contributed by atoms with Crippen molar-refractivity contribution in [2.45, 2.75) is 19.8 Å². The summed E-state index contributed by atoms with van der Waals surface area (Å²) in [6, 6.07) is 1.73. The minimum atomic E-state index is -0.107. The van der Waals surface area contributed by atoms with E-state index in [1.807, 2.05) is 6.92 Å². The van der Waals surface area contributed by atoms with E-state index in [0.29, 0.717) is 23.0 Å². The Morgan fingerprint density at radius 3 is 3.00 bits per heavy atom. The number of anilines is 1. The van der Waals surface area contributed by atoms with Crippen molar-refractivity contribution in [3.8, 4) is 0 Å². The summed E-state index contributed by atoms with van der Waals surface area (Å²) in [7, 11) is 0. The first-order valence-electron chi connectivity index (χ1n) is 5.37. The van der Waals surface area contributed by atoms with E-state index in [1.165, 1.54) is 11.3 Å². The molecule has 0 fully saturated rings. The SMILES string of the molecule is CC(CO)CCCNC(=O)c1sccc1N. The second-order valence-electron chi connectivity index (χ2n) is 3.89. The van der Waals surface area contributed by atoms with Gasteiger partial charge in [-0.1, -0.05) is 6.92 Å². The molecule has 1 unspecified atom stereocenters. The quantitative estimate of drug-likeness (QED) is 0.661. The Labute approximate surface area is 99.5 Å². The topological polar surface area (TPSA) is 75.3 Å². The van der Waals surface area contributed by atoms with E-state index < -0.39 is 0 Å². The molecule has 1 aromatic heterocycles. The van der Waals surface area contributed by atoms with Crippen LogP contribution < -0.4 is 11.1 Å². The lowest BCUT2D eigenvalue weighted by Crippen LogP contribution is -2.24. The maximum atomic E-state index is 11.6. The van der Waals surface area contributed by atoms with Crippen LogP contribution in [0.25, 0.3) is 0 Å². The number of hydrogen-bond acceptors (Lipinski definition) is 4. The van der Waals surface area contributed by atoms with Gasteiger partial charge in [-0.3, -0.25) is 4.79 Å². The van der Waals surface area contributed by atoms with Crippen molar-refractivity contribution < 1.29 is 9.90 Å². The van der Waals surface area contributed by atoms with Crippen LogP contribution in [0.3, 0.4) is 0 Å². The molecule has 0 spiro atoms. The Hall–Kier alpha value is -1.07. The van der Waals surface area contributed by atoms with Crippen molar-refractivity contribution in [2.24, 2.45) is 5.92 Å². The minimum Gasteiger partial charge on any atom is -0.397 e. The zero-order valence-electron chi connectivity index (χ0n) is 9.40. The third-order valence-corrected chi connectivity index (χ3v) is 3.30. The van der Waals surface area contributed by atoms with Gasteiger partial charge < -0.3 is 16.2 Å². The van der Waals surface area contributed by atoms with Crippen molar-refractivity contribution in [3.05, 3.63) is 16.3 Å². The molecule has 1 aromatic rings. The van der Waals surface area contributed by atoms with Gasteiger partial charge in [0, 0.05) is 13.2 Å². The first-order chi connectivity index (χ1) is 7.65. The molecule has 4 nitrogen and oxygen atoms in total. The number of aliphatic hydroxyl groups is 1. The molecule has 0 radical (unpaired) electrons. The lowest BCUT2D eigenvalue weighted by Gasteiger charge is -2.08. The highest BCUT2D eigenvalue weighted by Gasteiger charge is 2.10. The minimum absolute atomic E-state index is 0.107. The van der Waals surface area contributed by atoms with Gasteiger partial charge in [-0.2, -0.15) is 0 Å². The summed E-state index contributed by atoms with van der Waals surface area (Å²) in [6.07, 6.45) is 1.79. The largest absolute Gasteiger partial charge is 0.397 e. The van der Waals surface area contributed by atoms with E-state index >= 15 is 0 Å². The van der Waals surface area contributed by atoms with Gasteiger partial charge in [0.05, 0.1) is 5.69 Å². The zero-order chi connectivity index (χ0) is 12.0. The number of amides is 1. The first kappa shape index (κ1) is 13.0. The van der Waals surface area contributed by atoms with Gasteiger partial charge in [-0.15, -0.1) is 11.3 Å². The van der Waals surface area contributed by atoms with Crippen LogP contribution in [0.5, 0.6) is 0 Å². The van der Waals surface area contributed by atoms with Crippen LogP contribution in [0.2, 0.25) is 0 Å². The first-order valence-corrected chi connectivity index (χ1v) is 6.25. The summed E-state index contributed by atoms with van der Waals surface area (Å²) >= 11 is 1.35. The highest BCUT2D eigenvalue weighted by Crippen LogP contribution is 2.18. The number of nitrogen functional groups attached to an aromatic ring is 1. The number of aliphatic hydroxyl groups excluding tert-OH is 1. The molecule has 0 aliphatic carbocycles. The molecule has 1 amide bonds. The monoisotopic (exact) mass is 242 g/mol. The maximum Gasteiger partial charge on any atom is 0.263 e. The van der Waals surface area contributed by atoms with Gasteiger partial charge >= 0.3 is 0 Å². The van der Waals surface area contributed by atoms with E-state index in [4.69, 9.17) is 10.8 Å². The fraction of sp³-hybridized carbons (Fsp3) is 0.545. The van der Waals surface area contributed by atoms with E-state index in [0.717, 1.165) is 12.8 Å². The maximum absolute atomic E-state index is 11.6. The number of rotatable bonds is 6. The van der Waals surface area contributed by atoms with Gasteiger partial charge in [-0.05, 0) is 30.2 Å². The average Bonchev–Trinajstić information content (AvgIpc) is 2.70. The summed E-state index contributed by atoms with van der Waals surface area (Å²) in [6.45, 7) is 2.81. The second kappa shape index (κ2) is 6.50. The number of carbonyl (C=O) groups excluding carboxylic acids is 1. The predicted octanol–water partition coefficient (Wildman–Crippen LogP) is 1.47. The molecule has 90 valence electrons. The normalized spacial score (nSPS) is 12.4. The number of nitrogens with one attached hydrogen (secondary N) is 1. The van der Waals surface area contributed by atoms with Gasteiger partial charge in [0.25, 0.3) is 5.91 Å². The number of hydrogen-bond donors (Lipinski definition) is 3. The molecule has 4 N–H and O–H groups in total. The fourth-order valence-electron chi connectivity index (χ4n) is 1.33. The van der Waals surface area contributed by atoms with Gasteiger partial charge in [0.2, 0.25) is 0 Å². The molecule has 16 heavy (non-hydrogen) atoms. The van der Waals surface area contributed by atoms with Crippen molar-refractivity contribution >= 4 is 22.9 Å². The molecule has 0 aliphatic heterocycles. The van der Waals surface area contributed by atoms with Gasteiger partial charge in [-0.25, -0.2) is 0 Å². The zero-order valence-corrected chi connectivity index (χ0v) is 10.2. The molecule has 0 bridgehead atoms. The molecule has 1 heterocycles. The van der Waals surface area contributed by atoms with Crippen LogP contribution in [0, 0.1) is 5.92 Å². The van der Waals surface area contributed by atoms with Crippen LogP contribution in [0.15, 0.2) is 11.4 Å². The molecule has 0 saturated heterocycles. The summed E-state index contributed by atoms with van der Waals surface area (Å²) in [5.74, 6) is 0.188. The number of thiophene rings is 1. The molecule has 0 aliphatic rings. The Bertz CT molecular complexity index is 338. The number of nitrogens with two attached hydrogens (primary N) is 1. The van der Waals surface area contributed by atoms with Crippen LogP contribution in [-0.2, 0) is 0 Å². The van der Waals surface area contributed by atoms with E-state index in [1.54, 1.807) is 11.4 Å². The molecular weight excluding hydrogens is 224 g/mol. The van der Waals surface area contributed by atoms with Crippen LogP contribution >= 0.6 is 11.3 Å². The molecule has 5 heteroatoms. The van der Waals surface area contributed by atoms with Crippen LogP contribution in [0.4, 0.5) is 5.69 Å². The standard InChI is InChI=1S/C11H18N2O2S/c1-8(7-14)3-2-5-13-11(15)10-9(12)4-6-16-10/h4,6,8,14H,2-3,5,7,12H2,1H3,(H,13,15). The fourth-order valence-corrected chi connectivity index (χ4v) is 2.06. The number of carbonyl (C=O) groups is 1. The summed E-state index contributed by atoms with van der Waals surface area (Å²) in [5.41, 5.74) is 6.17. The molecule has 1 atom stereocenters. The van der Waals surface area contributed by atoms with Crippen LogP contribution in [-0.4, -0.2) is 24.2 Å². The Kier molecular flexibility index (Phi) is 5.28. The molecule has 0 saturated carbocycles.